The van der Waals surface area contributed by atoms with E-state index in [2.05, 4.69) is 12.2 Å². The predicted molar refractivity (Wildman–Crippen MR) is 73.5 cm³/mol. The lowest BCUT2D eigenvalue weighted by Crippen LogP contribution is -2.44. The fraction of sp³-hybridized carbons (Fsp3) is 0.500. The third-order valence-corrected chi connectivity index (χ3v) is 2.56. The average Bonchev–Trinajstić information content (AvgIpc) is 2.35. The van der Waals surface area contributed by atoms with Gasteiger partial charge < -0.3 is 15.8 Å². The van der Waals surface area contributed by atoms with Crippen LogP contribution in [0.3, 0.4) is 0 Å². The number of anilines is 1. The molecular formula is C14H22N2O2. The number of carbonyl (C=O) groups is 1. The molecule has 1 aromatic rings. The predicted octanol–water partition coefficient (Wildman–Crippen LogP) is 2.20. The third-order valence-electron chi connectivity index (χ3n) is 2.56. The number of esters is 1. The highest BCUT2D eigenvalue weighted by Crippen LogP contribution is 2.09. The van der Waals surface area contributed by atoms with Crippen molar-refractivity contribution in [2.24, 2.45) is 0 Å². The van der Waals surface area contributed by atoms with E-state index in [4.69, 9.17) is 10.5 Å². The number of nitrogens with two attached hydrogens (primary N) is 1. The molecule has 4 nitrogen and oxygen atoms in total. The summed E-state index contributed by atoms with van der Waals surface area (Å²) in [7, 11) is 0. The molecule has 0 fully saturated rings. The number of carbonyl (C=O) groups excluding carboxylic acids is 1. The van der Waals surface area contributed by atoms with Crippen LogP contribution in [0.4, 0.5) is 5.69 Å². The summed E-state index contributed by atoms with van der Waals surface area (Å²) < 4.78 is 5.29. The molecule has 0 saturated carbocycles. The second-order valence-corrected chi connectivity index (χ2v) is 5.01. The Balaban J connectivity index is 2.48. The maximum Gasteiger partial charge on any atom is 0.338 e. The summed E-state index contributed by atoms with van der Waals surface area (Å²) in [6, 6.07) is 6.72. The number of nitrogen functional groups attached to an aromatic ring is 1. The van der Waals surface area contributed by atoms with Crippen molar-refractivity contribution < 1.29 is 9.53 Å². The Bertz CT molecular complexity index is 385. The SMILES string of the molecule is CCCNC(C)(C)COC(=O)c1ccc(N)cc1. The molecular weight excluding hydrogens is 228 g/mol. The molecule has 0 saturated heterocycles. The smallest absolute Gasteiger partial charge is 0.338 e. The summed E-state index contributed by atoms with van der Waals surface area (Å²) in [5.41, 5.74) is 6.51. The molecule has 0 aromatic heterocycles. The van der Waals surface area contributed by atoms with Crippen LogP contribution >= 0.6 is 0 Å². The minimum Gasteiger partial charge on any atom is -0.460 e. The van der Waals surface area contributed by atoms with E-state index in [-0.39, 0.29) is 11.5 Å². The van der Waals surface area contributed by atoms with Crippen molar-refractivity contribution in [1.29, 1.82) is 0 Å². The third kappa shape index (κ3) is 4.75. The molecule has 0 unspecified atom stereocenters. The van der Waals surface area contributed by atoms with Gasteiger partial charge in [-0.05, 0) is 51.1 Å². The molecule has 100 valence electrons. The lowest BCUT2D eigenvalue weighted by Gasteiger charge is -2.25. The summed E-state index contributed by atoms with van der Waals surface area (Å²) in [6.07, 6.45) is 1.05. The van der Waals surface area contributed by atoms with Crippen LogP contribution in [0, 0.1) is 0 Å². The Kier molecular flexibility index (Phi) is 5.16. The van der Waals surface area contributed by atoms with Gasteiger partial charge in [0.25, 0.3) is 0 Å². The van der Waals surface area contributed by atoms with Crippen LogP contribution in [0.15, 0.2) is 24.3 Å². The van der Waals surface area contributed by atoms with Gasteiger partial charge in [0.15, 0.2) is 0 Å². The van der Waals surface area contributed by atoms with E-state index in [9.17, 15) is 4.79 Å². The lowest BCUT2D eigenvalue weighted by atomic mass is 10.1. The van der Waals surface area contributed by atoms with Crippen LogP contribution in [0.5, 0.6) is 0 Å². The van der Waals surface area contributed by atoms with Crippen molar-refractivity contribution in [1.82, 2.24) is 5.32 Å². The molecule has 4 heteroatoms. The van der Waals surface area contributed by atoms with Gasteiger partial charge in [-0.2, -0.15) is 0 Å². The van der Waals surface area contributed by atoms with Gasteiger partial charge in [-0.25, -0.2) is 4.79 Å². The van der Waals surface area contributed by atoms with Gasteiger partial charge in [0.05, 0.1) is 5.56 Å². The second kappa shape index (κ2) is 6.40. The Hall–Kier alpha value is -1.55. The largest absolute Gasteiger partial charge is 0.460 e. The van der Waals surface area contributed by atoms with Crippen LogP contribution in [-0.4, -0.2) is 24.7 Å². The molecule has 0 atom stereocenters. The molecule has 0 spiro atoms. The van der Waals surface area contributed by atoms with Gasteiger partial charge in [0.1, 0.15) is 6.61 Å². The lowest BCUT2D eigenvalue weighted by molar-refractivity contribution is 0.0401. The van der Waals surface area contributed by atoms with Crippen molar-refractivity contribution >= 4 is 11.7 Å². The Labute approximate surface area is 109 Å². The van der Waals surface area contributed by atoms with Gasteiger partial charge in [-0.1, -0.05) is 6.92 Å². The number of rotatable bonds is 6. The number of hydrogen-bond acceptors (Lipinski definition) is 4. The fourth-order valence-corrected chi connectivity index (χ4v) is 1.46. The molecule has 0 aliphatic carbocycles. The van der Waals surface area contributed by atoms with Crippen molar-refractivity contribution in [3.63, 3.8) is 0 Å². The first-order valence-electron chi connectivity index (χ1n) is 6.22. The molecule has 0 aliphatic heterocycles. The van der Waals surface area contributed by atoms with E-state index in [1.54, 1.807) is 24.3 Å². The fourth-order valence-electron chi connectivity index (χ4n) is 1.46. The van der Waals surface area contributed by atoms with E-state index in [0.29, 0.717) is 17.9 Å². The van der Waals surface area contributed by atoms with E-state index in [1.807, 2.05) is 13.8 Å². The monoisotopic (exact) mass is 250 g/mol. The van der Waals surface area contributed by atoms with Gasteiger partial charge in [-0.15, -0.1) is 0 Å². The highest BCUT2D eigenvalue weighted by molar-refractivity contribution is 5.89. The number of benzene rings is 1. The molecule has 1 rings (SSSR count). The minimum atomic E-state index is -0.318. The quantitative estimate of drug-likeness (QED) is 0.600. The zero-order valence-electron chi connectivity index (χ0n) is 11.3. The van der Waals surface area contributed by atoms with E-state index >= 15 is 0 Å². The van der Waals surface area contributed by atoms with Gasteiger partial charge in [0.2, 0.25) is 0 Å². The Morgan fingerprint density at radius 2 is 1.94 bits per heavy atom. The zero-order chi connectivity index (χ0) is 13.6. The molecule has 0 radical (unpaired) electrons. The van der Waals surface area contributed by atoms with Crippen LogP contribution in [0.25, 0.3) is 0 Å². The van der Waals surface area contributed by atoms with Crippen LogP contribution < -0.4 is 11.1 Å². The molecule has 0 aliphatic rings. The van der Waals surface area contributed by atoms with Crippen LogP contribution in [0.1, 0.15) is 37.6 Å². The van der Waals surface area contributed by atoms with Crippen molar-refractivity contribution in [3.8, 4) is 0 Å². The first-order valence-corrected chi connectivity index (χ1v) is 6.22. The summed E-state index contributed by atoms with van der Waals surface area (Å²) in [5, 5.41) is 3.33. The maximum absolute atomic E-state index is 11.8. The average molecular weight is 250 g/mol. The van der Waals surface area contributed by atoms with E-state index < -0.39 is 0 Å². The topological polar surface area (TPSA) is 64.3 Å². The van der Waals surface area contributed by atoms with Crippen LogP contribution in [0.2, 0.25) is 0 Å². The highest BCUT2D eigenvalue weighted by atomic mass is 16.5. The maximum atomic E-state index is 11.8. The normalized spacial score (nSPS) is 11.3. The van der Waals surface area contributed by atoms with Crippen molar-refractivity contribution in [2.75, 3.05) is 18.9 Å². The summed E-state index contributed by atoms with van der Waals surface area (Å²) in [4.78, 5) is 11.8. The Morgan fingerprint density at radius 1 is 1.33 bits per heavy atom. The standard InChI is InChI=1S/C14H22N2O2/c1-4-9-16-14(2,3)10-18-13(17)11-5-7-12(15)8-6-11/h5-8,16H,4,9-10,15H2,1-3H3. The number of hydrogen-bond donors (Lipinski definition) is 2. The molecule has 0 bridgehead atoms. The summed E-state index contributed by atoms with van der Waals surface area (Å²) in [5.74, 6) is -0.318. The van der Waals surface area contributed by atoms with Crippen molar-refractivity contribution in [2.45, 2.75) is 32.7 Å². The molecule has 18 heavy (non-hydrogen) atoms. The number of ether oxygens (including phenoxy) is 1. The zero-order valence-corrected chi connectivity index (χ0v) is 11.3. The van der Waals surface area contributed by atoms with Gasteiger partial charge in [0, 0.05) is 11.2 Å². The van der Waals surface area contributed by atoms with Gasteiger partial charge >= 0.3 is 5.97 Å². The molecule has 3 N–H and O–H groups in total. The first kappa shape index (κ1) is 14.5. The molecule has 1 aromatic carbocycles. The first-order chi connectivity index (χ1) is 8.44. The molecule has 0 amide bonds. The van der Waals surface area contributed by atoms with Crippen molar-refractivity contribution in [3.05, 3.63) is 29.8 Å². The highest BCUT2D eigenvalue weighted by Gasteiger charge is 2.19. The summed E-state index contributed by atoms with van der Waals surface area (Å²) >= 11 is 0. The molecule has 0 heterocycles. The van der Waals surface area contributed by atoms with E-state index in [1.165, 1.54) is 0 Å². The van der Waals surface area contributed by atoms with Gasteiger partial charge in [-0.3, -0.25) is 0 Å². The van der Waals surface area contributed by atoms with Crippen LogP contribution in [-0.2, 0) is 4.74 Å². The van der Waals surface area contributed by atoms with E-state index in [0.717, 1.165) is 13.0 Å². The number of nitrogens with one attached hydrogen (secondary N) is 1. The minimum absolute atomic E-state index is 0.209. The Morgan fingerprint density at radius 3 is 2.50 bits per heavy atom. The summed E-state index contributed by atoms with van der Waals surface area (Å²) in [6.45, 7) is 7.38. The second-order valence-electron chi connectivity index (χ2n) is 5.01.